The number of aryl methyl sites for hydroxylation is 1. The predicted molar refractivity (Wildman–Crippen MR) is 74.9 cm³/mol. The van der Waals surface area contributed by atoms with E-state index in [0.29, 0.717) is 0 Å². The van der Waals surface area contributed by atoms with Gasteiger partial charge in [-0.15, -0.1) is 0 Å². The summed E-state index contributed by atoms with van der Waals surface area (Å²) in [5.74, 6) is -1.17. The first kappa shape index (κ1) is 20.0. The van der Waals surface area contributed by atoms with Gasteiger partial charge in [0.25, 0.3) is 0 Å². The van der Waals surface area contributed by atoms with Crippen molar-refractivity contribution in [2.45, 2.75) is 18.3 Å². The third-order valence-corrected chi connectivity index (χ3v) is 3.66. The summed E-state index contributed by atoms with van der Waals surface area (Å²) in [6.45, 7) is -0.201. The average molecular weight is 372 g/mol. The van der Waals surface area contributed by atoms with Gasteiger partial charge in [0, 0.05) is 19.6 Å². The van der Waals surface area contributed by atoms with E-state index in [-0.39, 0.29) is 30.9 Å². The summed E-state index contributed by atoms with van der Waals surface area (Å²) in [5, 5.41) is 0. The van der Waals surface area contributed by atoms with Crippen LogP contribution in [0.3, 0.4) is 0 Å². The second kappa shape index (κ2) is 8.20. The maximum absolute atomic E-state index is 12.5. The highest BCUT2D eigenvalue weighted by molar-refractivity contribution is 7.88. The summed E-state index contributed by atoms with van der Waals surface area (Å²) in [5.41, 5.74) is -5.52. The minimum Gasteiger partial charge on any atom is -0.469 e. The van der Waals surface area contributed by atoms with Crippen molar-refractivity contribution >= 4 is 16.1 Å². The third-order valence-electron chi connectivity index (χ3n) is 2.69. The summed E-state index contributed by atoms with van der Waals surface area (Å²) >= 11 is 0. The summed E-state index contributed by atoms with van der Waals surface area (Å²) < 4.78 is 78.1. The van der Waals surface area contributed by atoms with E-state index in [1.54, 1.807) is 0 Å². The standard InChI is InChI=1S/C13H15F3O7S/c1-20-8-22-10-5-3-9(4-6-12(17)21-2)11(7-10)23-24(18,19)13(14,15)16/h3,5,7H,4,6,8H2,1-2H3. The second-order valence-electron chi connectivity index (χ2n) is 4.38. The molecule has 1 aromatic rings. The quantitative estimate of drug-likeness (QED) is 0.298. The molecule has 0 amide bonds. The van der Waals surface area contributed by atoms with E-state index in [9.17, 15) is 26.4 Å². The van der Waals surface area contributed by atoms with Crippen molar-refractivity contribution in [2.24, 2.45) is 0 Å². The molecular weight excluding hydrogens is 357 g/mol. The van der Waals surface area contributed by atoms with Gasteiger partial charge in [0.1, 0.15) is 11.5 Å². The van der Waals surface area contributed by atoms with Gasteiger partial charge in [-0.3, -0.25) is 4.79 Å². The van der Waals surface area contributed by atoms with Crippen molar-refractivity contribution in [1.29, 1.82) is 0 Å². The Morgan fingerprint density at radius 2 is 1.88 bits per heavy atom. The normalized spacial score (nSPS) is 11.9. The first-order valence-corrected chi connectivity index (χ1v) is 7.83. The number of esters is 1. The fraction of sp³-hybridized carbons (Fsp3) is 0.462. The summed E-state index contributed by atoms with van der Waals surface area (Å²) in [6, 6.07) is 3.63. The molecule has 24 heavy (non-hydrogen) atoms. The Kier molecular flexibility index (Phi) is 6.84. The fourth-order valence-corrected chi connectivity index (χ4v) is 2.03. The Balaban J connectivity index is 3.12. The molecule has 0 fully saturated rings. The van der Waals surface area contributed by atoms with E-state index in [4.69, 9.17) is 4.74 Å². The molecule has 7 nitrogen and oxygen atoms in total. The smallest absolute Gasteiger partial charge is 0.469 e. The Labute approximate surface area is 136 Å². The Bertz CT molecular complexity index is 671. The molecule has 136 valence electrons. The van der Waals surface area contributed by atoms with Crippen LogP contribution in [-0.4, -0.2) is 40.9 Å². The lowest BCUT2D eigenvalue weighted by molar-refractivity contribution is -0.140. The largest absolute Gasteiger partial charge is 0.534 e. The predicted octanol–water partition coefficient (Wildman–Crippen LogP) is 2.00. The van der Waals surface area contributed by atoms with Gasteiger partial charge >= 0.3 is 21.6 Å². The summed E-state index contributed by atoms with van der Waals surface area (Å²) in [6.07, 6.45) is -0.253. The molecule has 0 radical (unpaired) electrons. The highest BCUT2D eigenvalue weighted by atomic mass is 32.2. The number of benzene rings is 1. The van der Waals surface area contributed by atoms with Crippen molar-refractivity contribution < 1.29 is 44.8 Å². The molecule has 0 atom stereocenters. The number of halogens is 3. The van der Waals surface area contributed by atoms with Crippen LogP contribution in [0.15, 0.2) is 18.2 Å². The number of hydrogen-bond acceptors (Lipinski definition) is 7. The van der Waals surface area contributed by atoms with Gasteiger partial charge < -0.3 is 18.4 Å². The van der Waals surface area contributed by atoms with E-state index < -0.39 is 27.3 Å². The van der Waals surface area contributed by atoms with Crippen molar-refractivity contribution in [3.63, 3.8) is 0 Å². The van der Waals surface area contributed by atoms with Gasteiger partial charge in [-0.05, 0) is 18.1 Å². The highest BCUT2D eigenvalue weighted by Gasteiger charge is 2.48. The summed E-state index contributed by atoms with van der Waals surface area (Å²) in [7, 11) is -3.38. The summed E-state index contributed by atoms with van der Waals surface area (Å²) in [4.78, 5) is 11.1. The van der Waals surface area contributed by atoms with Crippen LogP contribution in [0.5, 0.6) is 11.5 Å². The van der Waals surface area contributed by atoms with Crippen LogP contribution in [0, 0.1) is 0 Å². The lowest BCUT2D eigenvalue weighted by Gasteiger charge is -2.14. The lowest BCUT2D eigenvalue weighted by atomic mass is 10.1. The zero-order chi connectivity index (χ0) is 18.4. The number of alkyl halides is 3. The number of carbonyl (C=O) groups excluding carboxylic acids is 1. The number of methoxy groups -OCH3 is 2. The first-order chi connectivity index (χ1) is 11.1. The van der Waals surface area contributed by atoms with Crippen molar-refractivity contribution in [3.8, 4) is 11.5 Å². The fourth-order valence-electron chi connectivity index (χ4n) is 1.54. The van der Waals surface area contributed by atoms with E-state index in [2.05, 4.69) is 13.7 Å². The van der Waals surface area contributed by atoms with Crippen molar-refractivity contribution in [3.05, 3.63) is 23.8 Å². The lowest BCUT2D eigenvalue weighted by Crippen LogP contribution is -2.28. The first-order valence-electron chi connectivity index (χ1n) is 6.43. The molecule has 0 aliphatic rings. The maximum atomic E-state index is 12.5. The number of ether oxygens (including phenoxy) is 3. The Hall–Kier alpha value is -2.01. The van der Waals surface area contributed by atoms with Crippen LogP contribution in [0.2, 0.25) is 0 Å². The minimum absolute atomic E-state index is 0.0334. The van der Waals surface area contributed by atoms with Gasteiger partial charge in [0.15, 0.2) is 6.79 Å². The second-order valence-corrected chi connectivity index (χ2v) is 5.92. The monoisotopic (exact) mass is 372 g/mol. The van der Waals surface area contributed by atoms with Crippen LogP contribution < -0.4 is 8.92 Å². The van der Waals surface area contributed by atoms with E-state index in [0.717, 1.165) is 13.2 Å². The number of rotatable bonds is 8. The van der Waals surface area contributed by atoms with Crippen LogP contribution >= 0.6 is 0 Å². The topological polar surface area (TPSA) is 88.1 Å². The van der Waals surface area contributed by atoms with E-state index in [1.807, 2.05) is 0 Å². The Morgan fingerprint density at radius 3 is 2.42 bits per heavy atom. The molecule has 0 aliphatic heterocycles. The molecule has 0 saturated heterocycles. The Morgan fingerprint density at radius 1 is 1.21 bits per heavy atom. The van der Waals surface area contributed by atoms with Crippen LogP contribution in [0.1, 0.15) is 12.0 Å². The molecule has 0 aromatic heterocycles. The van der Waals surface area contributed by atoms with Crippen LogP contribution in [-0.2, 0) is 30.8 Å². The van der Waals surface area contributed by atoms with Crippen LogP contribution in [0.4, 0.5) is 13.2 Å². The molecule has 0 spiro atoms. The molecule has 1 rings (SSSR count). The van der Waals surface area contributed by atoms with Gasteiger partial charge in [-0.25, -0.2) is 0 Å². The highest BCUT2D eigenvalue weighted by Crippen LogP contribution is 2.32. The molecule has 0 aliphatic carbocycles. The van der Waals surface area contributed by atoms with Gasteiger partial charge in [0.2, 0.25) is 0 Å². The molecule has 1 aromatic carbocycles. The molecule has 0 saturated carbocycles. The molecule has 11 heteroatoms. The minimum atomic E-state index is -5.86. The SMILES string of the molecule is COCOc1ccc(CCC(=O)OC)c(OS(=O)(=O)C(F)(F)F)c1. The van der Waals surface area contributed by atoms with Crippen LogP contribution in [0.25, 0.3) is 0 Å². The van der Waals surface area contributed by atoms with E-state index in [1.165, 1.54) is 19.2 Å². The molecule has 0 bridgehead atoms. The van der Waals surface area contributed by atoms with Gasteiger partial charge in [-0.2, -0.15) is 21.6 Å². The number of hydrogen-bond donors (Lipinski definition) is 0. The average Bonchev–Trinajstić information content (AvgIpc) is 2.50. The van der Waals surface area contributed by atoms with Gasteiger partial charge in [0.05, 0.1) is 7.11 Å². The van der Waals surface area contributed by atoms with E-state index >= 15 is 0 Å². The van der Waals surface area contributed by atoms with Gasteiger partial charge in [-0.1, -0.05) is 6.07 Å². The number of carbonyl (C=O) groups is 1. The van der Waals surface area contributed by atoms with Crippen molar-refractivity contribution in [2.75, 3.05) is 21.0 Å². The molecule has 0 heterocycles. The molecule has 0 unspecified atom stereocenters. The molecular formula is C13H15F3O7S. The molecule has 0 N–H and O–H groups in total. The zero-order valence-electron chi connectivity index (χ0n) is 12.8. The third kappa shape index (κ3) is 5.57. The zero-order valence-corrected chi connectivity index (χ0v) is 13.6. The van der Waals surface area contributed by atoms with Crippen molar-refractivity contribution in [1.82, 2.24) is 0 Å². The maximum Gasteiger partial charge on any atom is 0.534 e.